The number of aromatic nitrogens is 2. The van der Waals surface area contributed by atoms with Crippen LogP contribution in [-0.4, -0.2) is 20.9 Å². The lowest BCUT2D eigenvalue weighted by Gasteiger charge is -2.03. The molecule has 0 saturated heterocycles. The van der Waals surface area contributed by atoms with Crippen molar-refractivity contribution in [1.82, 2.24) is 9.78 Å². The number of aromatic carboxylic acids is 1. The molecule has 1 aromatic carbocycles. The number of benzene rings is 1. The fraction of sp³-hybridized carbons (Fsp3) is 0.375. The molecule has 0 spiro atoms. The second kappa shape index (κ2) is 7.27. The SMILES string of the molecule is CCCc1nn(CCCc2ccccc2)c(Cl)c1C(=O)O. The summed E-state index contributed by atoms with van der Waals surface area (Å²) in [6, 6.07) is 10.2. The Labute approximate surface area is 129 Å². The summed E-state index contributed by atoms with van der Waals surface area (Å²) in [7, 11) is 0. The lowest BCUT2D eigenvalue weighted by Crippen LogP contribution is -2.03. The molecule has 0 unspecified atom stereocenters. The number of rotatable bonds is 7. The highest BCUT2D eigenvalue weighted by atomic mass is 35.5. The Morgan fingerprint density at radius 2 is 2.00 bits per heavy atom. The summed E-state index contributed by atoms with van der Waals surface area (Å²) in [4.78, 5) is 11.3. The fourth-order valence-electron chi connectivity index (χ4n) is 2.34. The Morgan fingerprint density at radius 3 is 2.62 bits per heavy atom. The lowest BCUT2D eigenvalue weighted by molar-refractivity contribution is 0.0696. The number of carboxylic acids is 1. The minimum absolute atomic E-state index is 0.151. The van der Waals surface area contributed by atoms with Crippen molar-refractivity contribution in [3.05, 3.63) is 52.3 Å². The van der Waals surface area contributed by atoms with Crippen LogP contribution in [0.1, 0.15) is 41.4 Å². The molecule has 4 nitrogen and oxygen atoms in total. The molecule has 0 atom stereocenters. The highest BCUT2D eigenvalue weighted by Gasteiger charge is 2.21. The highest BCUT2D eigenvalue weighted by molar-refractivity contribution is 6.32. The summed E-state index contributed by atoms with van der Waals surface area (Å²) in [5.74, 6) is -1.00. The van der Waals surface area contributed by atoms with Gasteiger partial charge in [-0.25, -0.2) is 4.79 Å². The van der Waals surface area contributed by atoms with Crippen molar-refractivity contribution < 1.29 is 9.90 Å². The zero-order valence-electron chi connectivity index (χ0n) is 12.1. The van der Waals surface area contributed by atoms with Gasteiger partial charge in [0, 0.05) is 6.54 Å². The predicted octanol–water partition coefficient (Wildman–Crippen LogP) is 3.82. The minimum Gasteiger partial charge on any atom is -0.478 e. The molecule has 0 fully saturated rings. The lowest BCUT2D eigenvalue weighted by atomic mass is 10.1. The number of hydrogen-bond donors (Lipinski definition) is 1. The van der Waals surface area contributed by atoms with Crippen LogP contribution in [0, 0.1) is 0 Å². The van der Waals surface area contributed by atoms with Gasteiger partial charge in [0.2, 0.25) is 0 Å². The average Bonchev–Trinajstić information content (AvgIpc) is 2.77. The Morgan fingerprint density at radius 1 is 1.29 bits per heavy atom. The number of aryl methyl sites for hydroxylation is 3. The van der Waals surface area contributed by atoms with E-state index in [1.807, 2.05) is 25.1 Å². The summed E-state index contributed by atoms with van der Waals surface area (Å²) < 4.78 is 1.61. The Bertz CT molecular complexity index is 608. The number of carbonyl (C=O) groups is 1. The first-order valence-electron chi connectivity index (χ1n) is 7.16. The molecule has 1 aromatic heterocycles. The van der Waals surface area contributed by atoms with Crippen LogP contribution < -0.4 is 0 Å². The highest BCUT2D eigenvalue weighted by Crippen LogP contribution is 2.22. The van der Waals surface area contributed by atoms with E-state index >= 15 is 0 Å². The molecule has 0 amide bonds. The summed E-state index contributed by atoms with van der Waals surface area (Å²) in [5, 5.41) is 13.8. The van der Waals surface area contributed by atoms with Gasteiger partial charge >= 0.3 is 5.97 Å². The van der Waals surface area contributed by atoms with Crippen molar-refractivity contribution >= 4 is 17.6 Å². The van der Waals surface area contributed by atoms with Crippen molar-refractivity contribution in [3.8, 4) is 0 Å². The maximum Gasteiger partial charge on any atom is 0.340 e. The van der Waals surface area contributed by atoms with Crippen LogP contribution in [0.2, 0.25) is 5.15 Å². The van der Waals surface area contributed by atoms with Crippen molar-refractivity contribution in [2.45, 2.75) is 39.2 Å². The number of halogens is 1. The van der Waals surface area contributed by atoms with Gasteiger partial charge in [0.1, 0.15) is 10.7 Å². The molecule has 1 heterocycles. The quantitative estimate of drug-likeness (QED) is 0.846. The molecule has 0 radical (unpaired) electrons. The molecule has 2 aromatic rings. The molecule has 21 heavy (non-hydrogen) atoms. The summed E-state index contributed by atoms with van der Waals surface area (Å²) in [6.45, 7) is 2.62. The molecule has 5 heteroatoms. The van der Waals surface area contributed by atoms with Gasteiger partial charge in [0.05, 0.1) is 5.69 Å². The third-order valence-corrected chi connectivity index (χ3v) is 3.73. The maximum absolute atomic E-state index is 11.3. The standard InChI is InChI=1S/C16H19ClN2O2/c1-2-7-13-14(16(20)21)15(17)19(18-13)11-6-10-12-8-4-3-5-9-12/h3-5,8-9H,2,6-7,10-11H2,1H3,(H,20,21). The van der Waals surface area contributed by atoms with E-state index in [0.29, 0.717) is 18.7 Å². The summed E-state index contributed by atoms with van der Waals surface area (Å²) in [5.41, 5.74) is 1.99. The van der Waals surface area contributed by atoms with E-state index in [-0.39, 0.29) is 10.7 Å². The third-order valence-electron chi connectivity index (χ3n) is 3.34. The van der Waals surface area contributed by atoms with Crippen LogP contribution >= 0.6 is 11.6 Å². The Hall–Kier alpha value is -1.81. The average molecular weight is 307 g/mol. The van der Waals surface area contributed by atoms with Crippen molar-refractivity contribution in [1.29, 1.82) is 0 Å². The normalized spacial score (nSPS) is 10.8. The molecule has 112 valence electrons. The zero-order chi connectivity index (χ0) is 15.2. The first kappa shape index (κ1) is 15.6. The number of carboxylic acid groups (broad SMARTS) is 1. The third kappa shape index (κ3) is 3.85. The molecule has 2 rings (SSSR count). The fourth-order valence-corrected chi connectivity index (χ4v) is 2.65. The molecule has 0 aliphatic heterocycles. The molecule has 0 bridgehead atoms. The minimum atomic E-state index is -1.00. The Balaban J connectivity index is 2.06. The predicted molar refractivity (Wildman–Crippen MR) is 83.0 cm³/mol. The maximum atomic E-state index is 11.3. The molecular formula is C16H19ClN2O2. The van der Waals surface area contributed by atoms with Crippen molar-refractivity contribution in [2.75, 3.05) is 0 Å². The molecule has 0 saturated carbocycles. The molecule has 0 aliphatic rings. The van der Waals surface area contributed by atoms with Crippen LogP contribution in [0.25, 0.3) is 0 Å². The van der Waals surface area contributed by atoms with Crippen LogP contribution in [0.4, 0.5) is 0 Å². The largest absolute Gasteiger partial charge is 0.478 e. The second-order valence-electron chi connectivity index (χ2n) is 4.98. The van der Waals surface area contributed by atoms with Crippen LogP contribution in [-0.2, 0) is 19.4 Å². The summed E-state index contributed by atoms with van der Waals surface area (Å²) in [6.07, 6.45) is 3.27. The van der Waals surface area contributed by atoms with Crippen LogP contribution in [0.5, 0.6) is 0 Å². The molecular weight excluding hydrogens is 288 g/mol. The first-order chi connectivity index (χ1) is 10.1. The van der Waals surface area contributed by atoms with Crippen molar-refractivity contribution in [2.24, 2.45) is 0 Å². The van der Waals surface area contributed by atoms with Gasteiger partial charge < -0.3 is 5.11 Å². The van der Waals surface area contributed by atoms with Gasteiger partial charge in [-0.15, -0.1) is 0 Å². The first-order valence-corrected chi connectivity index (χ1v) is 7.53. The van der Waals surface area contributed by atoms with Gasteiger partial charge in [-0.2, -0.15) is 5.10 Å². The van der Waals surface area contributed by atoms with Crippen LogP contribution in [0.3, 0.4) is 0 Å². The van der Waals surface area contributed by atoms with Gasteiger partial charge in [0.25, 0.3) is 0 Å². The van der Waals surface area contributed by atoms with E-state index < -0.39 is 5.97 Å². The van der Waals surface area contributed by atoms with Gasteiger partial charge in [-0.05, 0) is 24.8 Å². The van der Waals surface area contributed by atoms with E-state index in [4.69, 9.17) is 11.6 Å². The second-order valence-corrected chi connectivity index (χ2v) is 5.34. The van der Waals surface area contributed by atoms with E-state index in [1.54, 1.807) is 4.68 Å². The van der Waals surface area contributed by atoms with Gasteiger partial charge in [0.15, 0.2) is 0 Å². The molecule has 1 N–H and O–H groups in total. The number of hydrogen-bond acceptors (Lipinski definition) is 2. The number of nitrogens with zero attached hydrogens (tertiary/aromatic N) is 2. The van der Waals surface area contributed by atoms with E-state index in [2.05, 4.69) is 17.2 Å². The monoisotopic (exact) mass is 306 g/mol. The van der Waals surface area contributed by atoms with E-state index in [9.17, 15) is 9.90 Å². The zero-order valence-corrected chi connectivity index (χ0v) is 12.8. The van der Waals surface area contributed by atoms with Crippen LogP contribution in [0.15, 0.2) is 30.3 Å². The topological polar surface area (TPSA) is 55.1 Å². The van der Waals surface area contributed by atoms with E-state index in [0.717, 1.165) is 19.3 Å². The van der Waals surface area contributed by atoms with E-state index in [1.165, 1.54) is 5.56 Å². The van der Waals surface area contributed by atoms with Crippen molar-refractivity contribution in [3.63, 3.8) is 0 Å². The van der Waals surface area contributed by atoms with Gasteiger partial charge in [-0.1, -0.05) is 55.3 Å². The Kier molecular flexibility index (Phi) is 5.39. The summed E-state index contributed by atoms with van der Waals surface area (Å²) >= 11 is 6.16. The molecule has 0 aliphatic carbocycles. The van der Waals surface area contributed by atoms with Gasteiger partial charge in [-0.3, -0.25) is 4.68 Å². The smallest absolute Gasteiger partial charge is 0.340 e.